The van der Waals surface area contributed by atoms with Crippen LogP contribution in [0.1, 0.15) is 29.9 Å². The summed E-state index contributed by atoms with van der Waals surface area (Å²) in [5.74, 6) is 0.796. The molecule has 1 heterocycles. The Morgan fingerprint density at radius 2 is 1.67 bits per heavy atom. The van der Waals surface area contributed by atoms with E-state index in [1.165, 1.54) is 11.1 Å². The van der Waals surface area contributed by atoms with Gasteiger partial charge in [0, 0.05) is 25.4 Å². The molecular weight excluding hydrogens is 258 g/mol. The van der Waals surface area contributed by atoms with Crippen LogP contribution in [0.4, 0.5) is 0 Å². The molecule has 1 aliphatic heterocycles. The number of carbonyl (C=O) groups excluding carboxylic acids is 1. The van der Waals surface area contributed by atoms with E-state index in [0.29, 0.717) is 12.3 Å². The van der Waals surface area contributed by atoms with E-state index in [-0.39, 0.29) is 5.91 Å². The minimum atomic E-state index is 0.289. The van der Waals surface area contributed by atoms with Gasteiger partial charge in [0.1, 0.15) is 0 Å². The summed E-state index contributed by atoms with van der Waals surface area (Å²) in [6.07, 6.45) is 2.54. The van der Waals surface area contributed by atoms with E-state index in [4.69, 9.17) is 0 Å². The molecule has 0 bridgehead atoms. The van der Waals surface area contributed by atoms with Crippen LogP contribution in [0.2, 0.25) is 0 Å². The Hall–Kier alpha value is -2.09. The van der Waals surface area contributed by atoms with Crippen LogP contribution in [0.15, 0.2) is 60.7 Å². The second kappa shape index (κ2) is 6.57. The van der Waals surface area contributed by atoms with Crippen molar-refractivity contribution in [3.8, 4) is 0 Å². The van der Waals surface area contributed by atoms with Crippen LogP contribution in [0, 0.1) is 0 Å². The Bertz CT molecular complexity index is 579. The van der Waals surface area contributed by atoms with Gasteiger partial charge in [-0.25, -0.2) is 0 Å². The van der Waals surface area contributed by atoms with Crippen LogP contribution in [0.25, 0.3) is 0 Å². The average Bonchev–Trinajstić information content (AvgIpc) is 3.04. The molecule has 0 N–H and O–H groups in total. The number of benzene rings is 2. The van der Waals surface area contributed by atoms with Crippen molar-refractivity contribution in [2.45, 2.75) is 25.2 Å². The van der Waals surface area contributed by atoms with E-state index in [0.717, 1.165) is 25.9 Å². The molecule has 2 nitrogen and oxygen atoms in total. The van der Waals surface area contributed by atoms with Gasteiger partial charge in [0.25, 0.3) is 0 Å². The summed E-state index contributed by atoms with van der Waals surface area (Å²) < 4.78 is 0. The number of likely N-dealkylation sites (tertiary alicyclic amines) is 1. The molecule has 1 fully saturated rings. The van der Waals surface area contributed by atoms with Crippen molar-refractivity contribution in [2.24, 2.45) is 0 Å². The van der Waals surface area contributed by atoms with Crippen molar-refractivity contribution < 1.29 is 4.79 Å². The zero-order valence-electron chi connectivity index (χ0n) is 12.2. The summed E-state index contributed by atoms with van der Waals surface area (Å²) in [6, 6.07) is 20.8. The van der Waals surface area contributed by atoms with Crippen molar-refractivity contribution in [3.63, 3.8) is 0 Å². The van der Waals surface area contributed by atoms with Gasteiger partial charge < -0.3 is 4.90 Å². The molecule has 0 saturated carbocycles. The number of aryl methyl sites for hydroxylation is 1. The molecule has 0 aliphatic carbocycles. The van der Waals surface area contributed by atoms with Gasteiger partial charge in [-0.15, -0.1) is 0 Å². The number of nitrogens with zero attached hydrogens (tertiary/aromatic N) is 1. The third-order valence-electron chi connectivity index (χ3n) is 4.28. The predicted molar refractivity (Wildman–Crippen MR) is 85.1 cm³/mol. The minimum Gasteiger partial charge on any atom is -0.342 e. The van der Waals surface area contributed by atoms with Crippen LogP contribution in [0.3, 0.4) is 0 Å². The standard InChI is InChI=1S/C19H21NO/c21-19(12-11-16-7-3-1-4-8-16)20-14-13-18(15-20)17-9-5-2-6-10-17/h1-10,18H,11-15H2/t18-/m0/s1. The van der Waals surface area contributed by atoms with E-state index >= 15 is 0 Å². The highest BCUT2D eigenvalue weighted by atomic mass is 16.2. The van der Waals surface area contributed by atoms with Crippen molar-refractivity contribution in [1.29, 1.82) is 0 Å². The summed E-state index contributed by atoms with van der Waals surface area (Å²) in [5.41, 5.74) is 2.60. The zero-order valence-corrected chi connectivity index (χ0v) is 12.2. The lowest BCUT2D eigenvalue weighted by Gasteiger charge is -2.16. The van der Waals surface area contributed by atoms with Gasteiger partial charge >= 0.3 is 0 Å². The molecule has 0 aromatic heterocycles. The quantitative estimate of drug-likeness (QED) is 0.837. The molecule has 1 aliphatic rings. The van der Waals surface area contributed by atoms with Gasteiger partial charge in [-0.1, -0.05) is 60.7 Å². The fraction of sp³-hybridized carbons (Fsp3) is 0.316. The topological polar surface area (TPSA) is 20.3 Å². The highest BCUT2D eigenvalue weighted by Crippen LogP contribution is 2.27. The molecule has 1 atom stereocenters. The SMILES string of the molecule is O=C(CCc1ccccc1)N1CC[C@H](c2ccccc2)C1. The minimum absolute atomic E-state index is 0.289. The summed E-state index contributed by atoms with van der Waals surface area (Å²) in [7, 11) is 0. The maximum Gasteiger partial charge on any atom is 0.222 e. The molecule has 0 spiro atoms. The molecule has 3 rings (SSSR count). The van der Waals surface area contributed by atoms with E-state index < -0.39 is 0 Å². The number of hydrogen-bond acceptors (Lipinski definition) is 1. The first-order valence-corrected chi connectivity index (χ1v) is 7.69. The van der Waals surface area contributed by atoms with E-state index in [1.54, 1.807) is 0 Å². The second-order valence-electron chi connectivity index (χ2n) is 5.72. The maximum atomic E-state index is 12.3. The van der Waals surface area contributed by atoms with Crippen molar-refractivity contribution in [1.82, 2.24) is 4.90 Å². The van der Waals surface area contributed by atoms with Gasteiger partial charge in [0.05, 0.1) is 0 Å². The van der Waals surface area contributed by atoms with E-state index in [2.05, 4.69) is 36.4 Å². The first-order valence-electron chi connectivity index (χ1n) is 7.69. The summed E-state index contributed by atoms with van der Waals surface area (Å²) in [5, 5.41) is 0. The molecule has 1 saturated heterocycles. The van der Waals surface area contributed by atoms with E-state index in [9.17, 15) is 4.79 Å². The number of amides is 1. The second-order valence-corrected chi connectivity index (χ2v) is 5.72. The third kappa shape index (κ3) is 3.52. The zero-order chi connectivity index (χ0) is 14.5. The monoisotopic (exact) mass is 279 g/mol. The predicted octanol–water partition coefficient (Wildman–Crippen LogP) is 3.64. The normalized spacial score (nSPS) is 17.9. The van der Waals surface area contributed by atoms with Gasteiger partial charge in [-0.05, 0) is 24.0 Å². The largest absolute Gasteiger partial charge is 0.342 e. The highest BCUT2D eigenvalue weighted by Gasteiger charge is 2.26. The summed E-state index contributed by atoms with van der Waals surface area (Å²) >= 11 is 0. The van der Waals surface area contributed by atoms with Crippen LogP contribution >= 0.6 is 0 Å². The fourth-order valence-corrected chi connectivity index (χ4v) is 3.04. The van der Waals surface area contributed by atoms with Crippen molar-refractivity contribution in [3.05, 3.63) is 71.8 Å². The first-order chi connectivity index (χ1) is 10.3. The highest BCUT2D eigenvalue weighted by molar-refractivity contribution is 5.76. The lowest BCUT2D eigenvalue weighted by atomic mass is 9.99. The average molecular weight is 279 g/mol. The van der Waals surface area contributed by atoms with Crippen molar-refractivity contribution in [2.75, 3.05) is 13.1 Å². The molecule has 0 radical (unpaired) electrons. The van der Waals surface area contributed by atoms with Gasteiger partial charge in [0.2, 0.25) is 5.91 Å². The Kier molecular flexibility index (Phi) is 4.34. The molecule has 108 valence electrons. The van der Waals surface area contributed by atoms with Crippen LogP contribution in [-0.4, -0.2) is 23.9 Å². The Labute approximate surface area is 126 Å². The van der Waals surface area contributed by atoms with Gasteiger partial charge in [-0.2, -0.15) is 0 Å². The number of hydrogen-bond donors (Lipinski definition) is 0. The summed E-state index contributed by atoms with van der Waals surface area (Å²) in [6.45, 7) is 1.77. The van der Waals surface area contributed by atoms with Crippen LogP contribution in [0.5, 0.6) is 0 Å². The Morgan fingerprint density at radius 3 is 2.38 bits per heavy atom. The molecule has 21 heavy (non-hydrogen) atoms. The summed E-state index contributed by atoms with van der Waals surface area (Å²) in [4.78, 5) is 14.3. The van der Waals surface area contributed by atoms with E-state index in [1.807, 2.05) is 29.2 Å². The van der Waals surface area contributed by atoms with Crippen molar-refractivity contribution >= 4 is 5.91 Å². The molecule has 2 aromatic rings. The Morgan fingerprint density at radius 1 is 1.00 bits per heavy atom. The molecule has 2 heteroatoms. The molecular formula is C19H21NO. The maximum absolute atomic E-state index is 12.3. The smallest absolute Gasteiger partial charge is 0.222 e. The molecule has 1 amide bonds. The van der Waals surface area contributed by atoms with Crippen LogP contribution < -0.4 is 0 Å². The van der Waals surface area contributed by atoms with Gasteiger partial charge in [-0.3, -0.25) is 4.79 Å². The lowest BCUT2D eigenvalue weighted by Crippen LogP contribution is -2.28. The number of rotatable bonds is 4. The first kappa shape index (κ1) is 13.9. The number of carbonyl (C=O) groups is 1. The van der Waals surface area contributed by atoms with Crippen LogP contribution in [-0.2, 0) is 11.2 Å². The lowest BCUT2D eigenvalue weighted by molar-refractivity contribution is -0.130. The fourth-order valence-electron chi connectivity index (χ4n) is 3.04. The third-order valence-corrected chi connectivity index (χ3v) is 4.28. The Balaban J connectivity index is 1.53. The molecule has 2 aromatic carbocycles. The molecule has 0 unspecified atom stereocenters. The van der Waals surface area contributed by atoms with Gasteiger partial charge in [0.15, 0.2) is 0 Å².